The van der Waals surface area contributed by atoms with Crippen molar-refractivity contribution in [3.8, 4) is 5.75 Å². The first-order valence-corrected chi connectivity index (χ1v) is 6.36. The van der Waals surface area contributed by atoms with Gasteiger partial charge in [0.1, 0.15) is 0 Å². The summed E-state index contributed by atoms with van der Waals surface area (Å²) in [5.41, 5.74) is 0.937. The van der Waals surface area contributed by atoms with E-state index in [2.05, 4.69) is 12.2 Å². The lowest BCUT2D eigenvalue weighted by atomic mass is 10.0. The van der Waals surface area contributed by atoms with Crippen LogP contribution in [0.1, 0.15) is 25.3 Å². The number of hydrogen-bond donors (Lipinski definition) is 1. The fraction of sp³-hybridized carbons (Fsp3) is 0.571. The molecule has 2 atom stereocenters. The van der Waals surface area contributed by atoms with Gasteiger partial charge in [-0.1, -0.05) is 6.07 Å². The number of nitrogens with one attached hydrogen (secondary N) is 1. The molecule has 100 valence electrons. The Morgan fingerprint density at radius 3 is 3.00 bits per heavy atom. The maximum atomic E-state index is 13.5. The molecule has 4 heteroatoms. The van der Waals surface area contributed by atoms with Gasteiger partial charge in [-0.25, -0.2) is 4.39 Å². The minimum atomic E-state index is -0.308. The van der Waals surface area contributed by atoms with Gasteiger partial charge in [0.05, 0.1) is 13.2 Å². The van der Waals surface area contributed by atoms with Gasteiger partial charge < -0.3 is 14.8 Å². The minimum absolute atomic E-state index is 0.290. The average molecular weight is 253 g/mol. The summed E-state index contributed by atoms with van der Waals surface area (Å²) in [6.07, 6.45) is 2.34. The lowest BCUT2D eigenvalue weighted by Crippen LogP contribution is -2.37. The SMILES string of the molecule is COc1ccc(CNC2CCOC(C)C2)cc1F. The molecule has 18 heavy (non-hydrogen) atoms. The lowest BCUT2D eigenvalue weighted by molar-refractivity contribution is 0.0130. The number of benzene rings is 1. The van der Waals surface area contributed by atoms with E-state index in [1.165, 1.54) is 13.2 Å². The Balaban J connectivity index is 1.88. The smallest absolute Gasteiger partial charge is 0.165 e. The van der Waals surface area contributed by atoms with Crippen molar-refractivity contribution in [2.75, 3.05) is 13.7 Å². The zero-order valence-corrected chi connectivity index (χ0v) is 10.9. The molecule has 1 aliphatic rings. The molecule has 1 aromatic rings. The predicted molar refractivity (Wildman–Crippen MR) is 68.2 cm³/mol. The summed E-state index contributed by atoms with van der Waals surface area (Å²) < 4.78 is 23.9. The normalized spacial score (nSPS) is 23.9. The third-order valence-corrected chi connectivity index (χ3v) is 3.30. The van der Waals surface area contributed by atoms with Crippen molar-refractivity contribution < 1.29 is 13.9 Å². The largest absolute Gasteiger partial charge is 0.494 e. The fourth-order valence-corrected chi connectivity index (χ4v) is 2.27. The van der Waals surface area contributed by atoms with Crippen LogP contribution in [-0.4, -0.2) is 25.9 Å². The van der Waals surface area contributed by atoms with Crippen molar-refractivity contribution in [1.82, 2.24) is 5.32 Å². The van der Waals surface area contributed by atoms with Gasteiger partial charge in [-0.15, -0.1) is 0 Å². The molecule has 1 aromatic carbocycles. The standard InChI is InChI=1S/C14H20FNO2/c1-10-7-12(5-6-18-10)16-9-11-3-4-14(17-2)13(15)8-11/h3-4,8,10,12,16H,5-7,9H2,1-2H3. The van der Waals surface area contributed by atoms with E-state index in [9.17, 15) is 4.39 Å². The first-order valence-electron chi connectivity index (χ1n) is 6.36. The highest BCUT2D eigenvalue weighted by Gasteiger charge is 2.18. The third-order valence-electron chi connectivity index (χ3n) is 3.30. The van der Waals surface area contributed by atoms with Crippen molar-refractivity contribution in [2.45, 2.75) is 38.5 Å². The van der Waals surface area contributed by atoms with Crippen LogP contribution in [0.4, 0.5) is 4.39 Å². The van der Waals surface area contributed by atoms with Gasteiger partial charge in [0, 0.05) is 19.2 Å². The molecule has 0 aliphatic carbocycles. The molecule has 1 N–H and O–H groups in total. The topological polar surface area (TPSA) is 30.5 Å². The number of halogens is 1. The van der Waals surface area contributed by atoms with Crippen LogP contribution in [0.2, 0.25) is 0 Å². The first kappa shape index (κ1) is 13.3. The highest BCUT2D eigenvalue weighted by atomic mass is 19.1. The molecule has 0 bridgehead atoms. The van der Waals surface area contributed by atoms with Crippen LogP contribution in [0.25, 0.3) is 0 Å². The van der Waals surface area contributed by atoms with E-state index in [4.69, 9.17) is 9.47 Å². The number of ether oxygens (including phenoxy) is 2. The Kier molecular flexibility index (Phi) is 4.55. The molecule has 0 saturated carbocycles. The highest BCUT2D eigenvalue weighted by Crippen LogP contribution is 2.18. The van der Waals surface area contributed by atoms with Gasteiger partial charge >= 0.3 is 0 Å². The van der Waals surface area contributed by atoms with Crippen LogP contribution >= 0.6 is 0 Å². The van der Waals surface area contributed by atoms with Crippen molar-refractivity contribution in [2.24, 2.45) is 0 Å². The van der Waals surface area contributed by atoms with E-state index >= 15 is 0 Å². The molecule has 0 aromatic heterocycles. The number of rotatable bonds is 4. The van der Waals surface area contributed by atoms with Crippen LogP contribution in [0.5, 0.6) is 5.75 Å². The van der Waals surface area contributed by atoms with Crippen LogP contribution < -0.4 is 10.1 Å². The number of hydrogen-bond acceptors (Lipinski definition) is 3. The van der Waals surface area contributed by atoms with Crippen LogP contribution in [0.15, 0.2) is 18.2 Å². The molecule has 1 fully saturated rings. The average Bonchev–Trinajstić information content (AvgIpc) is 2.37. The van der Waals surface area contributed by atoms with E-state index in [0.717, 1.165) is 25.0 Å². The van der Waals surface area contributed by atoms with Gasteiger partial charge in [0.2, 0.25) is 0 Å². The summed E-state index contributed by atoms with van der Waals surface area (Å²) in [6, 6.07) is 5.53. The zero-order valence-electron chi connectivity index (χ0n) is 10.9. The van der Waals surface area contributed by atoms with Crippen molar-refractivity contribution in [1.29, 1.82) is 0 Å². The zero-order chi connectivity index (χ0) is 13.0. The summed E-state index contributed by atoms with van der Waals surface area (Å²) in [5, 5.41) is 3.45. The van der Waals surface area contributed by atoms with Gasteiger partial charge in [-0.3, -0.25) is 0 Å². The van der Waals surface area contributed by atoms with Gasteiger partial charge in [0.25, 0.3) is 0 Å². The molecular formula is C14H20FNO2. The molecule has 2 rings (SSSR count). The van der Waals surface area contributed by atoms with Crippen molar-refractivity contribution in [3.05, 3.63) is 29.6 Å². The highest BCUT2D eigenvalue weighted by molar-refractivity contribution is 5.29. The van der Waals surface area contributed by atoms with E-state index in [0.29, 0.717) is 24.4 Å². The molecule has 2 unspecified atom stereocenters. The first-order chi connectivity index (χ1) is 8.69. The summed E-state index contributed by atoms with van der Waals surface area (Å²) in [4.78, 5) is 0. The Bertz CT molecular complexity index is 397. The molecule has 1 saturated heterocycles. The minimum Gasteiger partial charge on any atom is -0.494 e. The van der Waals surface area contributed by atoms with Crippen molar-refractivity contribution >= 4 is 0 Å². The Labute approximate surface area is 107 Å². The lowest BCUT2D eigenvalue weighted by Gasteiger charge is -2.28. The monoisotopic (exact) mass is 253 g/mol. The fourth-order valence-electron chi connectivity index (χ4n) is 2.27. The van der Waals surface area contributed by atoms with E-state index in [-0.39, 0.29) is 5.82 Å². The molecule has 3 nitrogen and oxygen atoms in total. The summed E-state index contributed by atoms with van der Waals surface area (Å²) in [6.45, 7) is 3.56. The van der Waals surface area contributed by atoms with Gasteiger partial charge in [-0.05, 0) is 37.5 Å². The van der Waals surface area contributed by atoms with Crippen LogP contribution in [0, 0.1) is 5.82 Å². The third kappa shape index (κ3) is 3.43. The van der Waals surface area contributed by atoms with E-state index in [1.807, 2.05) is 6.07 Å². The Morgan fingerprint density at radius 2 is 2.33 bits per heavy atom. The van der Waals surface area contributed by atoms with Gasteiger partial charge in [0.15, 0.2) is 11.6 Å². The predicted octanol–water partition coefficient (Wildman–Crippen LogP) is 2.49. The molecule has 1 heterocycles. The summed E-state index contributed by atoms with van der Waals surface area (Å²) in [5.74, 6) is -0.0180. The van der Waals surface area contributed by atoms with Crippen molar-refractivity contribution in [3.63, 3.8) is 0 Å². The van der Waals surface area contributed by atoms with E-state index < -0.39 is 0 Å². The molecular weight excluding hydrogens is 233 g/mol. The van der Waals surface area contributed by atoms with Crippen LogP contribution in [-0.2, 0) is 11.3 Å². The summed E-state index contributed by atoms with van der Waals surface area (Å²) in [7, 11) is 1.47. The number of methoxy groups -OCH3 is 1. The van der Waals surface area contributed by atoms with Gasteiger partial charge in [-0.2, -0.15) is 0 Å². The quantitative estimate of drug-likeness (QED) is 0.894. The maximum absolute atomic E-state index is 13.5. The Morgan fingerprint density at radius 1 is 1.50 bits per heavy atom. The second kappa shape index (κ2) is 6.16. The molecule has 0 amide bonds. The maximum Gasteiger partial charge on any atom is 0.165 e. The summed E-state index contributed by atoms with van der Waals surface area (Å²) >= 11 is 0. The van der Waals surface area contributed by atoms with E-state index in [1.54, 1.807) is 6.07 Å². The Hall–Kier alpha value is -1.13. The second-order valence-electron chi connectivity index (χ2n) is 4.75. The second-order valence-corrected chi connectivity index (χ2v) is 4.75. The molecule has 0 spiro atoms. The molecule has 0 radical (unpaired) electrons. The van der Waals surface area contributed by atoms with Crippen LogP contribution in [0.3, 0.4) is 0 Å². The molecule has 1 aliphatic heterocycles.